The van der Waals surface area contributed by atoms with Crippen LogP contribution in [0, 0.1) is 5.92 Å². The second-order valence-electron chi connectivity index (χ2n) is 4.69. The summed E-state index contributed by atoms with van der Waals surface area (Å²) < 4.78 is 0. The maximum absolute atomic E-state index is 11.4. The Morgan fingerprint density at radius 1 is 1.50 bits per heavy atom. The van der Waals surface area contributed by atoms with Crippen LogP contribution >= 0.6 is 0 Å². The normalized spacial score (nSPS) is 37.4. The van der Waals surface area contributed by atoms with Gasteiger partial charge < -0.3 is 5.11 Å². The smallest absolute Gasteiger partial charge is 0.324 e. The Morgan fingerprint density at radius 3 is 2.71 bits per heavy atom. The van der Waals surface area contributed by atoms with Crippen LogP contribution in [0.15, 0.2) is 0 Å². The van der Waals surface area contributed by atoms with E-state index < -0.39 is 11.5 Å². The maximum atomic E-state index is 11.4. The van der Waals surface area contributed by atoms with Crippen LogP contribution in [0.4, 0.5) is 0 Å². The van der Waals surface area contributed by atoms with Crippen molar-refractivity contribution in [3.05, 3.63) is 0 Å². The lowest BCUT2D eigenvalue weighted by Crippen LogP contribution is -2.55. The molecule has 0 heterocycles. The van der Waals surface area contributed by atoms with E-state index in [2.05, 4.69) is 12.2 Å². The predicted octanol–water partition coefficient (Wildman–Crippen LogP) is 1.77. The monoisotopic (exact) mass is 197 g/mol. The van der Waals surface area contributed by atoms with Gasteiger partial charge in [-0.25, -0.2) is 0 Å². The van der Waals surface area contributed by atoms with E-state index >= 15 is 0 Å². The lowest BCUT2D eigenvalue weighted by atomic mass is 9.85. The molecular weight excluding hydrogens is 178 g/mol. The summed E-state index contributed by atoms with van der Waals surface area (Å²) in [7, 11) is 0. The Bertz CT molecular complexity index is 237. The lowest BCUT2D eigenvalue weighted by Gasteiger charge is -2.32. The maximum Gasteiger partial charge on any atom is 0.324 e. The Kier molecular flexibility index (Phi) is 2.52. The summed E-state index contributed by atoms with van der Waals surface area (Å²) in [4.78, 5) is 11.4. The third-order valence-electron chi connectivity index (χ3n) is 3.73. The number of carboxylic acid groups (broad SMARTS) is 1. The van der Waals surface area contributed by atoms with Gasteiger partial charge in [0.2, 0.25) is 0 Å². The first kappa shape index (κ1) is 9.97. The highest BCUT2D eigenvalue weighted by Crippen LogP contribution is 2.40. The average Bonchev–Trinajstić information content (AvgIpc) is 2.83. The van der Waals surface area contributed by atoms with E-state index in [4.69, 9.17) is 0 Å². The Labute approximate surface area is 84.9 Å². The number of rotatable bonds is 4. The molecule has 80 valence electrons. The van der Waals surface area contributed by atoms with Crippen LogP contribution < -0.4 is 5.32 Å². The van der Waals surface area contributed by atoms with Crippen molar-refractivity contribution in [3.8, 4) is 0 Å². The second-order valence-corrected chi connectivity index (χ2v) is 4.69. The van der Waals surface area contributed by atoms with E-state index in [1.807, 2.05) is 0 Å². The van der Waals surface area contributed by atoms with Gasteiger partial charge in [-0.1, -0.05) is 19.8 Å². The molecule has 2 aliphatic carbocycles. The van der Waals surface area contributed by atoms with Gasteiger partial charge in [0.25, 0.3) is 0 Å². The fraction of sp³-hybridized carbons (Fsp3) is 0.909. The molecule has 2 N–H and O–H groups in total. The quantitative estimate of drug-likeness (QED) is 0.722. The van der Waals surface area contributed by atoms with Crippen molar-refractivity contribution in [2.45, 2.75) is 57.0 Å². The molecule has 0 radical (unpaired) electrons. The first-order chi connectivity index (χ1) is 6.69. The summed E-state index contributed by atoms with van der Waals surface area (Å²) in [6.45, 7) is 2.10. The molecule has 2 atom stereocenters. The SMILES string of the molecule is CCC1CCCC1(NC1CC1)C(=O)O. The van der Waals surface area contributed by atoms with Crippen LogP contribution in [0.1, 0.15) is 45.4 Å². The largest absolute Gasteiger partial charge is 0.480 e. The highest BCUT2D eigenvalue weighted by atomic mass is 16.4. The molecule has 3 heteroatoms. The third-order valence-corrected chi connectivity index (χ3v) is 3.73. The number of carbonyl (C=O) groups is 1. The predicted molar refractivity (Wildman–Crippen MR) is 54.2 cm³/mol. The van der Waals surface area contributed by atoms with E-state index in [1.165, 1.54) is 0 Å². The number of carboxylic acids is 1. The molecule has 0 aromatic rings. The van der Waals surface area contributed by atoms with E-state index in [0.717, 1.165) is 38.5 Å². The molecule has 14 heavy (non-hydrogen) atoms. The molecule has 0 saturated heterocycles. The molecule has 0 aromatic carbocycles. The van der Waals surface area contributed by atoms with Crippen LogP contribution in [-0.2, 0) is 4.79 Å². The Balaban J connectivity index is 2.14. The Morgan fingerprint density at radius 2 is 2.21 bits per heavy atom. The summed E-state index contributed by atoms with van der Waals surface area (Å²) in [6, 6.07) is 0.484. The highest BCUT2D eigenvalue weighted by molar-refractivity contribution is 5.80. The van der Waals surface area contributed by atoms with Gasteiger partial charge in [-0.05, 0) is 31.6 Å². The summed E-state index contributed by atoms with van der Waals surface area (Å²) in [6.07, 6.45) is 6.24. The van der Waals surface area contributed by atoms with E-state index in [1.54, 1.807) is 0 Å². The standard InChI is InChI=1S/C11H19NO2/c1-2-8-4-3-7-11(8,10(13)14)12-9-5-6-9/h8-9,12H,2-7H2,1H3,(H,13,14). The zero-order valence-electron chi connectivity index (χ0n) is 8.75. The Hall–Kier alpha value is -0.570. The topological polar surface area (TPSA) is 49.3 Å². The number of nitrogens with one attached hydrogen (secondary N) is 1. The fourth-order valence-corrected chi connectivity index (χ4v) is 2.76. The van der Waals surface area contributed by atoms with Crippen LogP contribution in [-0.4, -0.2) is 22.7 Å². The van der Waals surface area contributed by atoms with Gasteiger partial charge in [-0.15, -0.1) is 0 Å². The average molecular weight is 197 g/mol. The molecule has 2 saturated carbocycles. The molecule has 0 amide bonds. The van der Waals surface area contributed by atoms with Crippen LogP contribution in [0.3, 0.4) is 0 Å². The fourth-order valence-electron chi connectivity index (χ4n) is 2.76. The van der Waals surface area contributed by atoms with Crippen LogP contribution in [0.5, 0.6) is 0 Å². The van der Waals surface area contributed by atoms with Crippen molar-refractivity contribution in [3.63, 3.8) is 0 Å². The zero-order chi connectivity index (χ0) is 10.2. The van der Waals surface area contributed by atoms with Gasteiger partial charge in [0.15, 0.2) is 0 Å². The van der Waals surface area contributed by atoms with Crippen molar-refractivity contribution in [1.82, 2.24) is 5.32 Å². The van der Waals surface area contributed by atoms with Gasteiger partial charge in [0.05, 0.1) is 0 Å². The summed E-state index contributed by atoms with van der Waals surface area (Å²) >= 11 is 0. The first-order valence-electron chi connectivity index (χ1n) is 5.70. The summed E-state index contributed by atoms with van der Waals surface area (Å²) in [5.74, 6) is -0.297. The van der Waals surface area contributed by atoms with Crippen molar-refractivity contribution in [2.24, 2.45) is 5.92 Å². The first-order valence-corrected chi connectivity index (χ1v) is 5.70. The zero-order valence-corrected chi connectivity index (χ0v) is 8.75. The number of aliphatic carboxylic acids is 1. The number of hydrogen-bond donors (Lipinski definition) is 2. The van der Waals surface area contributed by atoms with Crippen LogP contribution in [0.2, 0.25) is 0 Å². The molecule has 2 unspecified atom stereocenters. The van der Waals surface area contributed by atoms with E-state index in [-0.39, 0.29) is 0 Å². The van der Waals surface area contributed by atoms with Gasteiger partial charge in [-0.3, -0.25) is 10.1 Å². The van der Waals surface area contributed by atoms with Crippen molar-refractivity contribution < 1.29 is 9.90 Å². The molecule has 3 nitrogen and oxygen atoms in total. The molecule has 2 aliphatic rings. The molecule has 0 aliphatic heterocycles. The second kappa shape index (κ2) is 3.54. The number of hydrogen-bond acceptors (Lipinski definition) is 2. The molecular formula is C11H19NO2. The molecule has 0 spiro atoms. The molecule has 0 aromatic heterocycles. The third kappa shape index (κ3) is 1.54. The van der Waals surface area contributed by atoms with E-state index in [0.29, 0.717) is 12.0 Å². The molecule has 2 fully saturated rings. The van der Waals surface area contributed by atoms with Crippen molar-refractivity contribution in [2.75, 3.05) is 0 Å². The van der Waals surface area contributed by atoms with Crippen LogP contribution in [0.25, 0.3) is 0 Å². The minimum absolute atomic E-state index is 0.334. The van der Waals surface area contributed by atoms with Gasteiger partial charge in [0, 0.05) is 6.04 Å². The van der Waals surface area contributed by atoms with Gasteiger partial charge in [0.1, 0.15) is 5.54 Å². The lowest BCUT2D eigenvalue weighted by molar-refractivity contribution is -0.146. The van der Waals surface area contributed by atoms with Crippen molar-refractivity contribution in [1.29, 1.82) is 0 Å². The minimum Gasteiger partial charge on any atom is -0.480 e. The van der Waals surface area contributed by atoms with Gasteiger partial charge in [-0.2, -0.15) is 0 Å². The minimum atomic E-state index is -0.631. The summed E-state index contributed by atoms with van der Waals surface area (Å²) in [5, 5.41) is 12.7. The molecule has 0 bridgehead atoms. The van der Waals surface area contributed by atoms with E-state index in [9.17, 15) is 9.90 Å². The highest BCUT2D eigenvalue weighted by Gasteiger charge is 2.50. The van der Waals surface area contributed by atoms with Gasteiger partial charge >= 0.3 is 5.97 Å². The summed E-state index contributed by atoms with van der Waals surface area (Å²) in [5.41, 5.74) is -0.587. The van der Waals surface area contributed by atoms with Crippen molar-refractivity contribution >= 4 is 5.97 Å². The molecule has 2 rings (SSSR count).